The molecular formula is C14H16N2O4. The quantitative estimate of drug-likeness (QED) is 0.625. The first-order chi connectivity index (χ1) is 9.65. The van der Waals surface area contributed by atoms with Gasteiger partial charge in [0.1, 0.15) is 12.3 Å². The van der Waals surface area contributed by atoms with Gasteiger partial charge in [0, 0.05) is 30.8 Å². The normalized spacial score (nSPS) is 18.4. The zero-order valence-corrected chi connectivity index (χ0v) is 11.2. The second-order valence-electron chi connectivity index (χ2n) is 4.52. The summed E-state index contributed by atoms with van der Waals surface area (Å²) in [7, 11) is 1.32. The predicted octanol–water partition coefficient (Wildman–Crippen LogP) is 0.0861. The molecule has 1 aromatic rings. The minimum atomic E-state index is -0.507. The fourth-order valence-electron chi connectivity index (χ4n) is 2.16. The number of carbonyl (C=O) groups is 3. The lowest BCUT2D eigenvalue weighted by molar-refractivity contribution is -0.144. The van der Waals surface area contributed by atoms with Crippen molar-refractivity contribution >= 4 is 18.2 Å². The molecule has 0 aliphatic carbocycles. The Labute approximate surface area is 116 Å². The van der Waals surface area contributed by atoms with Crippen molar-refractivity contribution in [2.75, 3.05) is 26.7 Å². The second kappa shape index (κ2) is 6.29. The molecule has 1 aromatic carbocycles. The monoisotopic (exact) mass is 276 g/mol. The van der Waals surface area contributed by atoms with Gasteiger partial charge < -0.3 is 15.0 Å². The molecule has 6 heteroatoms. The van der Waals surface area contributed by atoms with Gasteiger partial charge in [0.2, 0.25) is 0 Å². The molecule has 0 aromatic heterocycles. The van der Waals surface area contributed by atoms with Gasteiger partial charge in [-0.25, -0.2) is 0 Å². The fraction of sp³-hybridized carbons (Fsp3) is 0.357. The first-order valence-corrected chi connectivity index (χ1v) is 6.31. The molecular weight excluding hydrogens is 260 g/mol. The lowest BCUT2D eigenvalue weighted by Gasteiger charge is -2.32. The third kappa shape index (κ3) is 3.03. The SMILES string of the molecule is COC(=O)C1CN(C(=O)c2cccc(C=O)c2)CCN1. The van der Waals surface area contributed by atoms with Crippen molar-refractivity contribution in [2.45, 2.75) is 6.04 Å². The molecule has 20 heavy (non-hydrogen) atoms. The van der Waals surface area contributed by atoms with Gasteiger partial charge in [-0.3, -0.25) is 14.4 Å². The lowest BCUT2D eigenvalue weighted by Crippen LogP contribution is -2.56. The maximum Gasteiger partial charge on any atom is 0.324 e. The molecule has 0 bridgehead atoms. The molecule has 1 aliphatic heterocycles. The smallest absolute Gasteiger partial charge is 0.324 e. The van der Waals surface area contributed by atoms with Gasteiger partial charge >= 0.3 is 5.97 Å². The highest BCUT2D eigenvalue weighted by atomic mass is 16.5. The Hall–Kier alpha value is -2.21. The van der Waals surface area contributed by atoms with Crippen LogP contribution in [0.1, 0.15) is 20.7 Å². The Morgan fingerprint density at radius 3 is 2.95 bits per heavy atom. The summed E-state index contributed by atoms with van der Waals surface area (Å²) in [5.74, 6) is -0.576. The van der Waals surface area contributed by atoms with Crippen LogP contribution in [0.5, 0.6) is 0 Å². The number of ether oxygens (including phenoxy) is 1. The van der Waals surface area contributed by atoms with E-state index >= 15 is 0 Å². The van der Waals surface area contributed by atoms with Crippen molar-refractivity contribution in [1.29, 1.82) is 0 Å². The highest BCUT2D eigenvalue weighted by Gasteiger charge is 2.29. The summed E-state index contributed by atoms with van der Waals surface area (Å²) >= 11 is 0. The van der Waals surface area contributed by atoms with Crippen LogP contribution in [-0.2, 0) is 9.53 Å². The number of benzene rings is 1. The van der Waals surface area contributed by atoms with Crippen molar-refractivity contribution in [3.8, 4) is 0 Å². The van der Waals surface area contributed by atoms with E-state index in [2.05, 4.69) is 10.1 Å². The first kappa shape index (κ1) is 14.2. The van der Waals surface area contributed by atoms with E-state index < -0.39 is 6.04 Å². The van der Waals surface area contributed by atoms with E-state index in [0.717, 1.165) is 0 Å². The van der Waals surface area contributed by atoms with E-state index in [1.807, 2.05) is 0 Å². The van der Waals surface area contributed by atoms with Crippen LogP contribution in [0, 0.1) is 0 Å². The van der Waals surface area contributed by atoms with Crippen LogP contribution in [0.25, 0.3) is 0 Å². The number of nitrogens with zero attached hydrogens (tertiary/aromatic N) is 1. The molecule has 0 spiro atoms. The minimum absolute atomic E-state index is 0.191. The number of hydrogen-bond donors (Lipinski definition) is 1. The van der Waals surface area contributed by atoms with Crippen molar-refractivity contribution in [2.24, 2.45) is 0 Å². The summed E-state index contributed by atoms with van der Waals surface area (Å²) in [5.41, 5.74) is 0.899. The minimum Gasteiger partial charge on any atom is -0.468 e. The van der Waals surface area contributed by atoms with Crippen molar-refractivity contribution in [1.82, 2.24) is 10.2 Å². The van der Waals surface area contributed by atoms with Crippen molar-refractivity contribution < 1.29 is 19.1 Å². The standard InChI is InChI=1S/C14H16N2O4/c1-20-14(19)12-8-16(6-5-15-12)13(18)11-4-2-3-10(7-11)9-17/h2-4,7,9,12,15H,5-6,8H2,1H3. The number of aldehydes is 1. The number of esters is 1. The fourth-order valence-corrected chi connectivity index (χ4v) is 2.16. The second-order valence-corrected chi connectivity index (χ2v) is 4.52. The van der Waals surface area contributed by atoms with Gasteiger partial charge in [-0.15, -0.1) is 0 Å². The zero-order chi connectivity index (χ0) is 14.5. The molecule has 106 valence electrons. The summed E-state index contributed by atoms with van der Waals surface area (Å²) in [6.45, 7) is 1.30. The van der Waals surface area contributed by atoms with Crippen LogP contribution in [0.2, 0.25) is 0 Å². The Bertz CT molecular complexity index is 530. The van der Waals surface area contributed by atoms with E-state index in [1.54, 1.807) is 29.2 Å². The van der Waals surface area contributed by atoms with Gasteiger partial charge in [-0.05, 0) is 12.1 Å². The maximum atomic E-state index is 12.4. The van der Waals surface area contributed by atoms with Gasteiger partial charge in [-0.1, -0.05) is 12.1 Å². The number of nitrogens with one attached hydrogen (secondary N) is 1. The third-order valence-corrected chi connectivity index (χ3v) is 3.22. The Kier molecular flexibility index (Phi) is 4.47. The number of amides is 1. The summed E-state index contributed by atoms with van der Waals surface area (Å²) < 4.78 is 4.67. The number of rotatable bonds is 3. The highest BCUT2D eigenvalue weighted by molar-refractivity contribution is 5.96. The third-order valence-electron chi connectivity index (χ3n) is 3.22. The molecule has 1 unspecified atom stereocenters. The highest BCUT2D eigenvalue weighted by Crippen LogP contribution is 2.10. The molecule has 1 atom stereocenters. The average molecular weight is 276 g/mol. The Balaban J connectivity index is 2.11. The van der Waals surface area contributed by atoms with E-state index in [-0.39, 0.29) is 18.4 Å². The number of hydrogen-bond acceptors (Lipinski definition) is 5. The van der Waals surface area contributed by atoms with Crippen LogP contribution in [0.3, 0.4) is 0 Å². The van der Waals surface area contributed by atoms with E-state index in [1.165, 1.54) is 7.11 Å². The molecule has 1 amide bonds. The van der Waals surface area contributed by atoms with Crippen LogP contribution in [0.4, 0.5) is 0 Å². The van der Waals surface area contributed by atoms with Crippen LogP contribution in [0.15, 0.2) is 24.3 Å². The molecule has 1 saturated heterocycles. The Morgan fingerprint density at radius 1 is 1.45 bits per heavy atom. The maximum absolute atomic E-state index is 12.4. The molecule has 0 saturated carbocycles. The van der Waals surface area contributed by atoms with Crippen molar-refractivity contribution in [3.05, 3.63) is 35.4 Å². The molecule has 0 radical (unpaired) electrons. The molecule has 1 N–H and O–H groups in total. The molecule has 6 nitrogen and oxygen atoms in total. The predicted molar refractivity (Wildman–Crippen MR) is 71.5 cm³/mol. The van der Waals surface area contributed by atoms with E-state index in [9.17, 15) is 14.4 Å². The zero-order valence-electron chi connectivity index (χ0n) is 11.2. The van der Waals surface area contributed by atoms with Crippen LogP contribution in [-0.4, -0.2) is 55.8 Å². The van der Waals surface area contributed by atoms with Crippen molar-refractivity contribution in [3.63, 3.8) is 0 Å². The topological polar surface area (TPSA) is 75.7 Å². The Morgan fingerprint density at radius 2 is 2.25 bits per heavy atom. The van der Waals surface area contributed by atoms with E-state index in [0.29, 0.717) is 30.5 Å². The van der Waals surface area contributed by atoms with E-state index in [4.69, 9.17) is 0 Å². The molecule has 2 rings (SSSR count). The molecule has 1 fully saturated rings. The van der Waals surface area contributed by atoms with Gasteiger partial charge in [0.05, 0.1) is 7.11 Å². The molecule has 1 aliphatic rings. The number of methoxy groups -OCH3 is 1. The summed E-state index contributed by atoms with van der Waals surface area (Å²) in [5, 5.41) is 3.00. The van der Waals surface area contributed by atoms with Gasteiger partial charge in [0.25, 0.3) is 5.91 Å². The summed E-state index contributed by atoms with van der Waals surface area (Å²) in [4.78, 5) is 36.2. The van der Waals surface area contributed by atoms with Crippen LogP contribution >= 0.6 is 0 Å². The average Bonchev–Trinajstić information content (AvgIpc) is 2.53. The van der Waals surface area contributed by atoms with Gasteiger partial charge in [0.15, 0.2) is 0 Å². The summed E-state index contributed by atoms with van der Waals surface area (Å²) in [6, 6.07) is 6.00. The molecule has 1 heterocycles. The number of piperazine rings is 1. The lowest BCUT2D eigenvalue weighted by atomic mass is 10.1. The summed E-state index contributed by atoms with van der Waals surface area (Å²) in [6.07, 6.45) is 0.700. The van der Waals surface area contributed by atoms with Gasteiger partial charge in [-0.2, -0.15) is 0 Å². The first-order valence-electron chi connectivity index (χ1n) is 6.31. The largest absolute Gasteiger partial charge is 0.468 e. The number of carbonyl (C=O) groups excluding carboxylic acids is 3. The van der Waals surface area contributed by atoms with Crippen LogP contribution < -0.4 is 5.32 Å².